The number of nitrogens with zero attached hydrogens (tertiary/aromatic N) is 2. The van der Waals surface area contributed by atoms with E-state index in [1.807, 2.05) is 13.0 Å². The minimum Gasteiger partial charge on any atom is -0.433 e. The highest BCUT2D eigenvalue weighted by atomic mass is 19.3. The minimum atomic E-state index is -3.00. The Bertz CT molecular complexity index is 1070. The molecule has 1 amide bonds. The number of aryl methyl sites for hydroxylation is 1. The molecule has 1 aliphatic carbocycles. The van der Waals surface area contributed by atoms with Gasteiger partial charge in [0, 0.05) is 13.0 Å². The molecule has 0 bridgehead atoms. The molecule has 35 heavy (non-hydrogen) atoms. The Morgan fingerprint density at radius 1 is 1.29 bits per heavy atom. The number of aromatic nitrogens is 2. The van der Waals surface area contributed by atoms with E-state index in [4.69, 9.17) is 11.2 Å². The summed E-state index contributed by atoms with van der Waals surface area (Å²) in [6.45, 7) is 7.95. The van der Waals surface area contributed by atoms with Crippen LogP contribution in [0.4, 0.5) is 8.78 Å². The Hall–Kier alpha value is -2.88. The van der Waals surface area contributed by atoms with Crippen LogP contribution in [-0.2, 0) is 12.8 Å². The van der Waals surface area contributed by atoms with E-state index in [2.05, 4.69) is 43.9 Å². The summed E-state index contributed by atoms with van der Waals surface area (Å²) < 4.78 is 33.2. The van der Waals surface area contributed by atoms with E-state index in [0.29, 0.717) is 36.8 Å². The molecule has 0 atom stereocenters. The lowest BCUT2D eigenvalue weighted by molar-refractivity contribution is -0.0499. The molecule has 0 saturated heterocycles. The van der Waals surface area contributed by atoms with Gasteiger partial charge in [-0.1, -0.05) is 53.5 Å². The van der Waals surface area contributed by atoms with E-state index in [9.17, 15) is 13.6 Å². The molecule has 0 radical (unpaired) electrons. The van der Waals surface area contributed by atoms with Gasteiger partial charge >= 0.3 is 6.61 Å². The second-order valence-electron chi connectivity index (χ2n) is 10.8. The van der Waals surface area contributed by atoms with E-state index >= 15 is 0 Å². The number of carbonyl (C=O) groups excluding carboxylic acids is 1. The van der Waals surface area contributed by atoms with Gasteiger partial charge in [-0.25, -0.2) is 4.98 Å². The number of hydrogen-bond donors (Lipinski definition) is 1. The zero-order valence-corrected chi connectivity index (χ0v) is 21.5. The number of halogens is 2. The predicted octanol–water partition coefficient (Wildman–Crippen LogP) is 6.16. The van der Waals surface area contributed by atoms with E-state index in [1.165, 1.54) is 12.8 Å². The van der Waals surface area contributed by atoms with Crippen molar-refractivity contribution in [3.63, 3.8) is 0 Å². The normalized spacial score (nSPS) is 18.4. The molecule has 3 rings (SSSR count). The second kappa shape index (κ2) is 11.2. The third-order valence-corrected chi connectivity index (χ3v) is 6.52. The lowest BCUT2D eigenvalue weighted by atomic mass is 9.83. The molecule has 1 heterocycles. The first-order valence-corrected chi connectivity index (χ1v) is 12.5. The fourth-order valence-electron chi connectivity index (χ4n) is 4.76. The molecular weight excluding hydrogens is 448 g/mol. The Morgan fingerprint density at radius 3 is 2.54 bits per heavy atom. The number of hydrogen-bond acceptors (Lipinski definition) is 3. The van der Waals surface area contributed by atoms with Crippen molar-refractivity contribution in [1.29, 1.82) is 0 Å². The quantitative estimate of drug-likeness (QED) is 0.456. The molecule has 2 aromatic rings. The highest BCUT2D eigenvalue weighted by molar-refractivity contribution is 5.94. The van der Waals surface area contributed by atoms with E-state index in [0.717, 1.165) is 24.3 Å². The first-order chi connectivity index (χ1) is 16.5. The van der Waals surface area contributed by atoms with Crippen LogP contribution in [0.15, 0.2) is 18.2 Å². The number of benzene rings is 1. The van der Waals surface area contributed by atoms with Gasteiger partial charge < -0.3 is 10.1 Å². The average molecular weight is 486 g/mol. The summed E-state index contributed by atoms with van der Waals surface area (Å²) in [6, 6.07) is 5.21. The number of amides is 1. The van der Waals surface area contributed by atoms with Crippen LogP contribution in [0.25, 0.3) is 5.69 Å². The summed E-state index contributed by atoms with van der Waals surface area (Å²) in [4.78, 5) is 17.6. The third kappa shape index (κ3) is 6.84. The van der Waals surface area contributed by atoms with Gasteiger partial charge in [0.25, 0.3) is 5.91 Å². The first-order valence-electron chi connectivity index (χ1n) is 12.5. The van der Waals surface area contributed by atoms with Crippen molar-refractivity contribution in [3.8, 4) is 23.8 Å². The van der Waals surface area contributed by atoms with Crippen molar-refractivity contribution in [3.05, 3.63) is 41.0 Å². The van der Waals surface area contributed by atoms with Gasteiger partial charge in [-0.05, 0) is 60.1 Å². The summed E-state index contributed by atoms with van der Waals surface area (Å²) in [5.74, 6) is 3.93. The Labute approximate surface area is 207 Å². The van der Waals surface area contributed by atoms with Crippen LogP contribution in [-0.4, -0.2) is 28.6 Å². The zero-order chi connectivity index (χ0) is 25.8. The second-order valence-corrected chi connectivity index (χ2v) is 10.8. The summed E-state index contributed by atoms with van der Waals surface area (Å²) in [5, 5.41) is 2.99. The van der Waals surface area contributed by atoms with Crippen LogP contribution in [0, 0.1) is 29.6 Å². The Kier molecular flexibility index (Phi) is 8.58. The predicted molar refractivity (Wildman–Crippen MR) is 134 cm³/mol. The highest BCUT2D eigenvalue weighted by Crippen LogP contribution is 2.32. The maximum absolute atomic E-state index is 13.3. The van der Waals surface area contributed by atoms with Crippen LogP contribution >= 0.6 is 0 Å². The molecule has 7 heteroatoms. The maximum atomic E-state index is 13.3. The number of rotatable bonds is 8. The van der Waals surface area contributed by atoms with Gasteiger partial charge in [-0.3, -0.25) is 9.36 Å². The number of alkyl halides is 2. The molecule has 0 aliphatic heterocycles. The fourth-order valence-corrected chi connectivity index (χ4v) is 4.76. The molecule has 1 aromatic heterocycles. The zero-order valence-electron chi connectivity index (χ0n) is 21.5. The molecule has 5 nitrogen and oxygen atoms in total. The van der Waals surface area contributed by atoms with Gasteiger partial charge in [0.15, 0.2) is 5.69 Å². The third-order valence-electron chi connectivity index (χ3n) is 6.52. The van der Waals surface area contributed by atoms with Gasteiger partial charge in [-0.2, -0.15) is 8.78 Å². The lowest BCUT2D eigenvalue weighted by Crippen LogP contribution is -2.31. The smallest absolute Gasteiger partial charge is 0.387 e. The summed E-state index contributed by atoms with van der Waals surface area (Å²) >= 11 is 0. The van der Waals surface area contributed by atoms with Crippen LogP contribution in [0.1, 0.15) is 87.9 Å². The molecule has 1 fully saturated rings. The van der Waals surface area contributed by atoms with Crippen molar-refractivity contribution in [2.45, 2.75) is 79.8 Å². The molecular formula is C28H37F2N3O2. The monoisotopic (exact) mass is 485 g/mol. The molecule has 1 N–H and O–H groups in total. The van der Waals surface area contributed by atoms with E-state index in [1.54, 1.807) is 16.7 Å². The van der Waals surface area contributed by atoms with Crippen LogP contribution in [0.3, 0.4) is 0 Å². The molecule has 1 aromatic carbocycles. The first kappa shape index (κ1) is 26.7. The van der Waals surface area contributed by atoms with Crippen LogP contribution < -0.4 is 10.1 Å². The topological polar surface area (TPSA) is 56.2 Å². The van der Waals surface area contributed by atoms with Crippen molar-refractivity contribution in [2.75, 3.05) is 6.54 Å². The number of terminal acetylenes is 1. The molecule has 190 valence electrons. The van der Waals surface area contributed by atoms with Gasteiger partial charge in [0.2, 0.25) is 0 Å². The molecule has 1 aliphatic rings. The minimum absolute atomic E-state index is 0.00799. The number of nitrogens with one attached hydrogen (secondary N) is 1. The van der Waals surface area contributed by atoms with Crippen molar-refractivity contribution >= 4 is 5.91 Å². The van der Waals surface area contributed by atoms with Crippen LogP contribution in [0.5, 0.6) is 5.75 Å². The van der Waals surface area contributed by atoms with Gasteiger partial charge in [0.05, 0.1) is 5.69 Å². The van der Waals surface area contributed by atoms with E-state index < -0.39 is 6.61 Å². The average Bonchev–Trinajstić information content (AvgIpc) is 3.16. The van der Waals surface area contributed by atoms with Crippen LogP contribution in [0.2, 0.25) is 0 Å². The number of imidazole rings is 1. The summed E-state index contributed by atoms with van der Waals surface area (Å²) in [7, 11) is 0. The van der Waals surface area contributed by atoms with Gasteiger partial charge in [0.1, 0.15) is 17.3 Å². The molecule has 0 spiro atoms. The number of carbonyl (C=O) groups is 1. The summed E-state index contributed by atoms with van der Waals surface area (Å²) in [5.41, 5.74) is 1.56. The Balaban J connectivity index is 1.96. The fraction of sp³-hybridized carbons (Fsp3) is 0.571. The lowest BCUT2D eigenvalue weighted by Gasteiger charge is -2.26. The number of ether oxygens (including phenoxy) is 1. The largest absolute Gasteiger partial charge is 0.433 e. The van der Waals surface area contributed by atoms with Gasteiger partial charge in [-0.15, -0.1) is 6.42 Å². The maximum Gasteiger partial charge on any atom is 0.387 e. The molecule has 0 unspecified atom stereocenters. The SMILES string of the molecule is C#Cc1c(C(=O)NCC2CCC(C)CC2)nc(CC)n1-c1ccc(CC(C)(C)C)cc1OC(F)F. The van der Waals surface area contributed by atoms with Crippen molar-refractivity contribution in [2.24, 2.45) is 17.3 Å². The summed E-state index contributed by atoms with van der Waals surface area (Å²) in [6.07, 6.45) is 11.5. The van der Waals surface area contributed by atoms with E-state index in [-0.39, 0.29) is 28.5 Å². The standard InChI is InChI=1S/C28H37F2N3O2/c1-7-21-25(26(34)31-17-19-11-9-18(3)10-12-19)32-24(8-2)33(21)22-14-13-20(16-28(4,5)6)15-23(22)35-27(29)30/h1,13-15,18-19,27H,8-12,16-17H2,2-6H3,(H,31,34). The highest BCUT2D eigenvalue weighted by Gasteiger charge is 2.26. The molecule has 1 saturated carbocycles. The van der Waals surface area contributed by atoms with Crippen molar-refractivity contribution < 1.29 is 18.3 Å². The van der Waals surface area contributed by atoms with Crippen molar-refractivity contribution in [1.82, 2.24) is 14.9 Å². The Morgan fingerprint density at radius 2 is 1.97 bits per heavy atom.